The van der Waals surface area contributed by atoms with Crippen molar-refractivity contribution in [2.45, 2.75) is 6.61 Å². The molecule has 1 aromatic carbocycles. The molecule has 4 nitrogen and oxygen atoms in total. The first-order chi connectivity index (χ1) is 10.8. The first kappa shape index (κ1) is 14.7. The lowest BCUT2D eigenvalue weighted by molar-refractivity contribution is 0.112. The summed E-state index contributed by atoms with van der Waals surface area (Å²) >= 11 is 3.25. The lowest BCUT2D eigenvalue weighted by Crippen LogP contribution is -1.98. The summed E-state index contributed by atoms with van der Waals surface area (Å²) in [5.41, 5.74) is 2.56. The SMILES string of the molecule is COc1cc(C=O)ccc1OCc1csc(-c2ccsc2)n1. The van der Waals surface area contributed by atoms with Gasteiger partial charge in [-0.15, -0.1) is 11.3 Å². The second-order valence-electron chi connectivity index (χ2n) is 4.47. The highest BCUT2D eigenvalue weighted by molar-refractivity contribution is 7.14. The van der Waals surface area contributed by atoms with Gasteiger partial charge in [0.05, 0.1) is 12.8 Å². The maximum Gasteiger partial charge on any atom is 0.161 e. The van der Waals surface area contributed by atoms with Crippen LogP contribution < -0.4 is 9.47 Å². The van der Waals surface area contributed by atoms with Gasteiger partial charge < -0.3 is 9.47 Å². The van der Waals surface area contributed by atoms with Gasteiger partial charge in [0.2, 0.25) is 0 Å². The molecule has 2 heterocycles. The van der Waals surface area contributed by atoms with Crippen molar-refractivity contribution in [3.05, 3.63) is 51.7 Å². The Labute approximate surface area is 136 Å². The summed E-state index contributed by atoms with van der Waals surface area (Å²) < 4.78 is 11.0. The van der Waals surface area contributed by atoms with Crippen LogP contribution in [0.5, 0.6) is 11.5 Å². The third-order valence-corrected chi connectivity index (χ3v) is 4.64. The molecule has 3 rings (SSSR count). The molecule has 0 radical (unpaired) electrons. The summed E-state index contributed by atoms with van der Waals surface area (Å²) in [4.78, 5) is 15.3. The number of benzene rings is 1. The molecule has 2 aromatic heterocycles. The van der Waals surface area contributed by atoms with E-state index in [1.807, 2.05) is 10.8 Å². The van der Waals surface area contributed by atoms with E-state index in [2.05, 4.69) is 16.4 Å². The molecular weight excluding hydrogens is 318 g/mol. The first-order valence-corrected chi connectivity index (χ1v) is 8.35. The number of thiophene rings is 1. The fourth-order valence-electron chi connectivity index (χ4n) is 1.92. The Morgan fingerprint density at radius 3 is 2.86 bits per heavy atom. The molecular formula is C16H13NO3S2. The Hall–Kier alpha value is -2.18. The monoisotopic (exact) mass is 331 g/mol. The zero-order valence-electron chi connectivity index (χ0n) is 11.8. The second kappa shape index (κ2) is 6.72. The van der Waals surface area contributed by atoms with Gasteiger partial charge >= 0.3 is 0 Å². The summed E-state index contributed by atoms with van der Waals surface area (Å²) in [7, 11) is 1.55. The van der Waals surface area contributed by atoms with E-state index in [0.29, 0.717) is 23.7 Å². The molecule has 6 heteroatoms. The number of hydrogen-bond donors (Lipinski definition) is 0. The summed E-state index contributed by atoms with van der Waals surface area (Å²) in [6.45, 7) is 0.359. The van der Waals surface area contributed by atoms with Crippen molar-refractivity contribution in [1.82, 2.24) is 4.98 Å². The quantitative estimate of drug-likeness (QED) is 0.633. The molecule has 112 valence electrons. The number of carbonyl (C=O) groups excluding carboxylic acids is 1. The predicted molar refractivity (Wildman–Crippen MR) is 88.1 cm³/mol. The van der Waals surface area contributed by atoms with Crippen LogP contribution in [0.4, 0.5) is 0 Å². The molecule has 0 fully saturated rings. The number of methoxy groups -OCH3 is 1. The van der Waals surface area contributed by atoms with E-state index in [1.165, 1.54) is 0 Å². The maximum absolute atomic E-state index is 10.8. The van der Waals surface area contributed by atoms with Crippen LogP contribution in [0, 0.1) is 0 Å². The van der Waals surface area contributed by atoms with Gasteiger partial charge in [-0.1, -0.05) is 0 Å². The topological polar surface area (TPSA) is 48.4 Å². The molecule has 0 N–H and O–H groups in total. The molecule has 0 aliphatic heterocycles. The van der Waals surface area contributed by atoms with Crippen LogP contribution >= 0.6 is 22.7 Å². The highest BCUT2D eigenvalue weighted by Gasteiger charge is 2.09. The van der Waals surface area contributed by atoms with Gasteiger partial charge in [-0.05, 0) is 29.6 Å². The van der Waals surface area contributed by atoms with Crippen molar-refractivity contribution < 1.29 is 14.3 Å². The second-order valence-corrected chi connectivity index (χ2v) is 6.11. The van der Waals surface area contributed by atoms with Crippen molar-refractivity contribution in [1.29, 1.82) is 0 Å². The lowest BCUT2D eigenvalue weighted by Gasteiger charge is -2.09. The Bertz CT molecular complexity index is 766. The summed E-state index contributed by atoms with van der Waals surface area (Å²) in [5, 5.41) is 7.08. The smallest absolute Gasteiger partial charge is 0.161 e. The summed E-state index contributed by atoms with van der Waals surface area (Å²) in [6.07, 6.45) is 0.778. The molecule has 0 saturated heterocycles. The molecule has 0 spiro atoms. The van der Waals surface area contributed by atoms with Gasteiger partial charge in [-0.2, -0.15) is 11.3 Å². The van der Waals surface area contributed by atoms with E-state index < -0.39 is 0 Å². The van der Waals surface area contributed by atoms with Gasteiger partial charge in [0, 0.05) is 21.9 Å². The average Bonchev–Trinajstić information content (AvgIpc) is 3.23. The van der Waals surface area contributed by atoms with Crippen molar-refractivity contribution in [2.75, 3.05) is 7.11 Å². The van der Waals surface area contributed by atoms with Crippen LogP contribution in [-0.2, 0) is 6.61 Å². The van der Waals surface area contributed by atoms with Crippen molar-refractivity contribution in [3.63, 3.8) is 0 Å². The maximum atomic E-state index is 10.8. The fourth-order valence-corrected chi connectivity index (χ4v) is 3.44. The lowest BCUT2D eigenvalue weighted by atomic mass is 10.2. The van der Waals surface area contributed by atoms with Gasteiger partial charge in [0.25, 0.3) is 0 Å². The Balaban J connectivity index is 1.71. The molecule has 0 bridgehead atoms. The third-order valence-electron chi connectivity index (χ3n) is 3.02. The minimum atomic E-state index is 0.359. The molecule has 0 saturated carbocycles. The molecule has 0 amide bonds. The normalized spacial score (nSPS) is 10.4. The van der Waals surface area contributed by atoms with Crippen molar-refractivity contribution >= 4 is 29.0 Å². The van der Waals surface area contributed by atoms with E-state index in [9.17, 15) is 4.79 Å². The van der Waals surface area contributed by atoms with Gasteiger partial charge in [0.15, 0.2) is 11.5 Å². The van der Waals surface area contributed by atoms with E-state index in [-0.39, 0.29) is 0 Å². The Morgan fingerprint density at radius 1 is 1.23 bits per heavy atom. The molecule has 0 atom stereocenters. The summed E-state index contributed by atoms with van der Waals surface area (Å²) in [6, 6.07) is 7.13. The van der Waals surface area contributed by atoms with Crippen LogP contribution in [0.1, 0.15) is 16.1 Å². The van der Waals surface area contributed by atoms with Crippen molar-refractivity contribution in [2.24, 2.45) is 0 Å². The van der Waals surface area contributed by atoms with E-state index in [1.54, 1.807) is 48.0 Å². The van der Waals surface area contributed by atoms with E-state index in [0.717, 1.165) is 22.6 Å². The zero-order chi connectivity index (χ0) is 15.4. The highest BCUT2D eigenvalue weighted by Crippen LogP contribution is 2.30. The predicted octanol–water partition coefficient (Wildman–Crippen LogP) is 4.27. The van der Waals surface area contributed by atoms with Gasteiger partial charge in [-0.25, -0.2) is 4.98 Å². The number of carbonyl (C=O) groups is 1. The molecule has 0 aliphatic rings. The Morgan fingerprint density at radius 2 is 2.14 bits per heavy atom. The minimum absolute atomic E-state index is 0.359. The molecule has 0 unspecified atom stereocenters. The minimum Gasteiger partial charge on any atom is -0.493 e. The number of aldehydes is 1. The van der Waals surface area contributed by atoms with Gasteiger partial charge in [-0.3, -0.25) is 4.79 Å². The number of rotatable bonds is 6. The number of ether oxygens (including phenoxy) is 2. The van der Waals surface area contributed by atoms with Crippen LogP contribution in [0.2, 0.25) is 0 Å². The molecule has 22 heavy (non-hydrogen) atoms. The van der Waals surface area contributed by atoms with Gasteiger partial charge in [0.1, 0.15) is 17.9 Å². The average molecular weight is 331 g/mol. The molecule has 3 aromatic rings. The van der Waals surface area contributed by atoms with Crippen LogP contribution in [-0.4, -0.2) is 18.4 Å². The fraction of sp³-hybridized carbons (Fsp3) is 0.125. The number of nitrogens with zero attached hydrogens (tertiary/aromatic N) is 1. The van der Waals surface area contributed by atoms with E-state index in [4.69, 9.17) is 9.47 Å². The van der Waals surface area contributed by atoms with E-state index >= 15 is 0 Å². The third kappa shape index (κ3) is 3.18. The zero-order valence-corrected chi connectivity index (χ0v) is 13.4. The van der Waals surface area contributed by atoms with Crippen LogP contribution in [0.25, 0.3) is 10.6 Å². The largest absolute Gasteiger partial charge is 0.493 e. The first-order valence-electron chi connectivity index (χ1n) is 6.53. The number of aromatic nitrogens is 1. The standard InChI is InChI=1S/C16H13NO3S2/c1-19-15-6-11(7-18)2-3-14(15)20-8-13-10-22-16(17-13)12-4-5-21-9-12/h2-7,9-10H,8H2,1H3. The van der Waals surface area contributed by atoms with Crippen LogP contribution in [0.3, 0.4) is 0 Å². The number of hydrogen-bond acceptors (Lipinski definition) is 6. The van der Waals surface area contributed by atoms with Crippen molar-refractivity contribution in [3.8, 4) is 22.1 Å². The Kier molecular flexibility index (Phi) is 4.50. The summed E-state index contributed by atoms with van der Waals surface area (Å²) in [5.74, 6) is 1.14. The molecule has 0 aliphatic carbocycles. The number of thiazole rings is 1. The highest BCUT2D eigenvalue weighted by atomic mass is 32.1. The van der Waals surface area contributed by atoms with Crippen LogP contribution in [0.15, 0.2) is 40.4 Å².